The molecule has 1 radical (unpaired) electrons. The molecule has 0 heterocycles. The van der Waals surface area contributed by atoms with Gasteiger partial charge in [0.15, 0.2) is 0 Å². The zero-order valence-electron chi connectivity index (χ0n) is 23.9. The summed E-state index contributed by atoms with van der Waals surface area (Å²) in [5.74, 6) is 2.03. The second-order valence-corrected chi connectivity index (χ2v) is 11.0. The number of para-hydroxylation sites is 2. The zero-order chi connectivity index (χ0) is 24.7. The van der Waals surface area contributed by atoms with Crippen LogP contribution in [-0.2, 0) is 16.8 Å². The Morgan fingerprint density at radius 1 is 0.500 bits per heavy atom. The maximum atomic E-state index is 3.83. The van der Waals surface area contributed by atoms with Crippen LogP contribution in [0.25, 0.3) is 0 Å². The van der Waals surface area contributed by atoms with Crippen molar-refractivity contribution < 1.29 is 41.6 Å². The molecule has 3 nitrogen and oxygen atoms in total. The largest absolute Gasteiger partial charge is 2.00 e. The number of nitrogens with one attached hydrogen (secondary N) is 3. The Bertz CT molecular complexity index is 760. The Labute approximate surface area is 244 Å². The average molecular weight is 582 g/mol. The SMILES string of the molecule is CC(CNCC(C)Nc1c(C(C)C)cccc1C(C)C)Nc1c(C(C)C)cccc1C(C)C.[Cl-].[Cl-].[Co+2]. The quantitative estimate of drug-likeness (QED) is 0.360. The van der Waals surface area contributed by atoms with Crippen molar-refractivity contribution in [1.82, 2.24) is 5.32 Å². The molecular weight excluding hydrogens is 532 g/mol. The standard InChI is InChI=1S/C30H49N3.2ClH.Co/c1-19(2)25-13-11-14-26(20(3)4)29(25)32-23(9)17-31-18-24(10)33-30-27(21(5)6)15-12-16-28(30)22(7)8;;;/h11-16,19-24,31-33H,17-18H2,1-10H3;2*1H;/q;;;+2/p-2. The van der Waals surface area contributed by atoms with E-state index in [0.29, 0.717) is 35.8 Å². The fraction of sp³-hybridized carbons (Fsp3) is 0.600. The molecule has 207 valence electrons. The number of rotatable bonds is 12. The summed E-state index contributed by atoms with van der Waals surface area (Å²) < 4.78 is 0. The van der Waals surface area contributed by atoms with Crippen LogP contribution in [0.15, 0.2) is 36.4 Å². The van der Waals surface area contributed by atoms with Crippen molar-refractivity contribution in [3.05, 3.63) is 58.7 Å². The van der Waals surface area contributed by atoms with Crippen molar-refractivity contribution in [2.45, 2.75) is 105 Å². The Morgan fingerprint density at radius 3 is 0.972 bits per heavy atom. The van der Waals surface area contributed by atoms with Gasteiger partial charge in [-0.2, -0.15) is 0 Å². The van der Waals surface area contributed by atoms with Gasteiger partial charge in [0.1, 0.15) is 0 Å². The minimum Gasteiger partial charge on any atom is -1.00 e. The van der Waals surface area contributed by atoms with Gasteiger partial charge in [-0.15, -0.1) is 0 Å². The monoisotopic (exact) mass is 580 g/mol. The molecule has 0 aromatic heterocycles. The fourth-order valence-corrected chi connectivity index (χ4v) is 4.55. The Hall–Kier alpha value is -0.914. The molecule has 0 aliphatic rings. The molecule has 36 heavy (non-hydrogen) atoms. The van der Waals surface area contributed by atoms with Gasteiger partial charge in [0, 0.05) is 36.5 Å². The molecule has 0 aliphatic carbocycles. The molecule has 0 aliphatic heterocycles. The predicted octanol–water partition coefficient (Wildman–Crippen LogP) is 2.08. The van der Waals surface area contributed by atoms with Gasteiger partial charge in [-0.25, -0.2) is 0 Å². The molecule has 0 spiro atoms. The van der Waals surface area contributed by atoms with Gasteiger partial charge < -0.3 is 40.8 Å². The van der Waals surface area contributed by atoms with Crippen LogP contribution in [0.3, 0.4) is 0 Å². The summed E-state index contributed by atoms with van der Waals surface area (Å²) in [4.78, 5) is 0. The Balaban J connectivity index is 0. The summed E-state index contributed by atoms with van der Waals surface area (Å²) in [6.07, 6.45) is 0. The van der Waals surface area contributed by atoms with Crippen molar-refractivity contribution in [1.29, 1.82) is 0 Å². The molecule has 6 heteroatoms. The van der Waals surface area contributed by atoms with E-state index in [2.05, 4.69) is 122 Å². The molecule has 0 saturated heterocycles. The van der Waals surface area contributed by atoms with E-state index >= 15 is 0 Å². The first kappa shape index (κ1) is 37.2. The first-order valence-electron chi connectivity index (χ1n) is 13.0. The third kappa shape index (κ3) is 10.5. The van der Waals surface area contributed by atoms with Gasteiger partial charge in [0.05, 0.1) is 0 Å². The Morgan fingerprint density at radius 2 is 0.750 bits per heavy atom. The van der Waals surface area contributed by atoms with Gasteiger partial charge in [-0.1, -0.05) is 91.8 Å². The molecule has 3 N–H and O–H groups in total. The smallest absolute Gasteiger partial charge is 1.00 e. The topological polar surface area (TPSA) is 36.1 Å². The number of halogens is 2. The van der Waals surface area contributed by atoms with Crippen LogP contribution >= 0.6 is 0 Å². The summed E-state index contributed by atoms with van der Waals surface area (Å²) in [5, 5.41) is 11.4. The second-order valence-electron chi connectivity index (χ2n) is 11.0. The maximum absolute atomic E-state index is 3.83. The third-order valence-corrected chi connectivity index (χ3v) is 6.43. The minimum absolute atomic E-state index is 0. The van der Waals surface area contributed by atoms with E-state index in [1.807, 2.05) is 0 Å². The van der Waals surface area contributed by atoms with Crippen molar-refractivity contribution >= 4 is 11.4 Å². The molecular formula is C30H49Cl2CoN3. The molecule has 0 fully saturated rings. The van der Waals surface area contributed by atoms with E-state index in [4.69, 9.17) is 0 Å². The molecule has 2 rings (SSSR count). The van der Waals surface area contributed by atoms with Crippen LogP contribution in [-0.4, -0.2) is 25.2 Å². The number of hydrogen-bond acceptors (Lipinski definition) is 3. The van der Waals surface area contributed by atoms with Crippen LogP contribution in [0.2, 0.25) is 0 Å². The van der Waals surface area contributed by atoms with Crippen molar-refractivity contribution in [3.8, 4) is 0 Å². The van der Waals surface area contributed by atoms with Crippen LogP contribution in [0.1, 0.15) is 115 Å². The van der Waals surface area contributed by atoms with Crippen molar-refractivity contribution in [3.63, 3.8) is 0 Å². The summed E-state index contributed by atoms with van der Waals surface area (Å²) >= 11 is 0. The maximum Gasteiger partial charge on any atom is 2.00 e. The first-order chi connectivity index (χ1) is 15.5. The van der Waals surface area contributed by atoms with E-state index in [1.165, 1.54) is 33.6 Å². The molecule has 0 bridgehead atoms. The minimum atomic E-state index is 0. The van der Waals surface area contributed by atoms with E-state index in [1.54, 1.807) is 0 Å². The summed E-state index contributed by atoms with van der Waals surface area (Å²) in [6, 6.07) is 14.2. The molecule has 0 amide bonds. The van der Waals surface area contributed by atoms with Gasteiger partial charge in [-0.05, 0) is 59.8 Å². The van der Waals surface area contributed by atoms with E-state index in [0.717, 1.165) is 13.1 Å². The van der Waals surface area contributed by atoms with Crippen LogP contribution in [0, 0.1) is 0 Å². The van der Waals surface area contributed by atoms with Crippen LogP contribution < -0.4 is 40.8 Å². The molecule has 2 unspecified atom stereocenters. The molecule has 2 atom stereocenters. The van der Waals surface area contributed by atoms with Crippen molar-refractivity contribution in [2.75, 3.05) is 23.7 Å². The molecule has 2 aromatic rings. The first-order valence-corrected chi connectivity index (χ1v) is 13.0. The summed E-state index contributed by atoms with van der Waals surface area (Å²) in [7, 11) is 0. The van der Waals surface area contributed by atoms with E-state index in [-0.39, 0.29) is 41.6 Å². The average Bonchev–Trinajstić information content (AvgIpc) is 2.73. The predicted molar refractivity (Wildman–Crippen MR) is 148 cm³/mol. The van der Waals surface area contributed by atoms with E-state index in [9.17, 15) is 0 Å². The third-order valence-electron chi connectivity index (χ3n) is 6.43. The van der Waals surface area contributed by atoms with E-state index < -0.39 is 0 Å². The normalized spacial score (nSPS) is 12.6. The van der Waals surface area contributed by atoms with Crippen molar-refractivity contribution in [2.24, 2.45) is 0 Å². The second kappa shape index (κ2) is 17.6. The molecule has 2 aromatic carbocycles. The zero-order valence-corrected chi connectivity index (χ0v) is 26.5. The Kier molecular flexibility index (Phi) is 18.2. The van der Waals surface area contributed by atoms with Gasteiger partial charge >= 0.3 is 16.8 Å². The number of hydrogen-bond donors (Lipinski definition) is 3. The van der Waals surface area contributed by atoms with Crippen LogP contribution in [0.5, 0.6) is 0 Å². The van der Waals surface area contributed by atoms with Gasteiger partial charge in [0.25, 0.3) is 0 Å². The number of benzene rings is 2. The molecule has 0 saturated carbocycles. The van der Waals surface area contributed by atoms with Gasteiger partial charge in [0.2, 0.25) is 0 Å². The number of anilines is 2. The fourth-order valence-electron chi connectivity index (χ4n) is 4.55. The summed E-state index contributed by atoms with van der Waals surface area (Å²) in [6.45, 7) is 24.6. The van der Waals surface area contributed by atoms with Gasteiger partial charge in [-0.3, -0.25) is 0 Å². The van der Waals surface area contributed by atoms with Crippen LogP contribution in [0.4, 0.5) is 11.4 Å². The summed E-state index contributed by atoms with van der Waals surface area (Å²) in [5.41, 5.74) is 8.30.